The summed E-state index contributed by atoms with van der Waals surface area (Å²) in [6, 6.07) is 6.64. The van der Waals surface area contributed by atoms with E-state index in [0.717, 1.165) is 50.1 Å². The van der Waals surface area contributed by atoms with E-state index in [2.05, 4.69) is 57.7 Å². The molecule has 2 aliphatic rings. The summed E-state index contributed by atoms with van der Waals surface area (Å²) in [5, 5.41) is 1.61. The van der Waals surface area contributed by atoms with Crippen molar-refractivity contribution in [3.8, 4) is 11.5 Å². The van der Waals surface area contributed by atoms with Crippen molar-refractivity contribution in [2.45, 2.75) is 78.7 Å². The number of hydrogen-bond donors (Lipinski definition) is 0. The molecule has 0 aliphatic carbocycles. The zero-order chi connectivity index (χ0) is 23.8. The predicted octanol–water partition coefficient (Wildman–Crippen LogP) is 5.54. The second kappa shape index (κ2) is 12.4. The first-order valence-electron chi connectivity index (χ1n) is 12.6. The Balaban J connectivity index is 1.73. The zero-order valence-electron chi connectivity index (χ0n) is 21.1. The number of rotatable bonds is 12. The monoisotopic (exact) mass is 458 g/mol. The van der Waals surface area contributed by atoms with Crippen molar-refractivity contribution < 1.29 is 19.1 Å². The summed E-state index contributed by atoms with van der Waals surface area (Å²) in [5.74, 6) is 2.56. The number of ether oxygens (including phenoxy) is 2. The van der Waals surface area contributed by atoms with Gasteiger partial charge in [-0.15, -0.1) is 0 Å². The molecule has 6 nitrogen and oxygen atoms in total. The number of allylic oxidation sites excluding steroid dienone is 2. The SMILES string of the molecule is CCCCN(OCCC)C(=O)CN1CC(c2ccc3c(c2)OCO3)C[C@@H]1C[C@H](C)C=C(C)C. The molecule has 0 aromatic heterocycles. The first kappa shape index (κ1) is 25.6. The lowest BCUT2D eigenvalue weighted by Gasteiger charge is -2.29. The average molecular weight is 459 g/mol. The van der Waals surface area contributed by atoms with Gasteiger partial charge in [0, 0.05) is 19.1 Å². The minimum atomic E-state index is 0.0723. The van der Waals surface area contributed by atoms with Gasteiger partial charge in [0.1, 0.15) is 0 Å². The molecule has 2 aliphatic heterocycles. The van der Waals surface area contributed by atoms with Crippen molar-refractivity contribution in [2.75, 3.05) is 33.0 Å². The number of nitrogens with zero attached hydrogens (tertiary/aromatic N) is 2. The standard InChI is InChI=1S/C27H42N2O4/c1-6-8-11-29(33-12-7-2)27(30)18-28-17-23(15-24(28)14-21(5)13-20(3)4)22-9-10-25-26(16-22)32-19-31-25/h9-10,13,16,21,23-24H,6-8,11-12,14-15,17-19H2,1-5H3/t21-,23?,24+/m1/s1. The molecule has 33 heavy (non-hydrogen) atoms. The first-order chi connectivity index (χ1) is 15.9. The summed E-state index contributed by atoms with van der Waals surface area (Å²) in [6.45, 7) is 13.6. The third-order valence-electron chi connectivity index (χ3n) is 6.44. The number of carbonyl (C=O) groups is 1. The lowest BCUT2D eigenvalue weighted by atomic mass is 9.92. The number of fused-ring (bicyclic) bond motifs is 1. The van der Waals surface area contributed by atoms with Gasteiger partial charge >= 0.3 is 0 Å². The minimum absolute atomic E-state index is 0.0723. The van der Waals surface area contributed by atoms with Crippen molar-refractivity contribution in [3.63, 3.8) is 0 Å². The van der Waals surface area contributed by atoms with Gasteiger partial charge in [-0.25, -0.2) is 5.06 Å². The second-order valence-electron chi connectivity index (χ2n) is 9.77. The van der Waals surface area contributed by atoms with E-state index in [1.54, 1.807) is 5.06 Å². The zero-order valence-corrected chi connectivity index (χ0v) is 21.1. The molecule has 0 radical (unpaired) electrons. The Morgan fingerprint density at radius 2 is 2.03 bits per heavy atom. The van der Waals surface area contributed by atoms with Crippen LogP contribution in [0.3, 0.4) is 0 Å². The van der Waals surface area contributed by atoms with Crippen molar-refractivity contribution in [1.29, 1.82) is 0 Å². The molecule has 3 rings (SSSR count). The van der Waals surface area contributed by atoms with Crippen molar-refractivity contribution in [3.05, 3.63) is 35.4 Å². The fourth-order valence-electron chi connectivity index (χ4n) is 4.91. The van der Waals surface area contributed by atoms with Crippen LogP contribution in [0.25, 0.3) is 0 Å². The number of amides is 1. The van der Waals surface area contributed by atoms with Crippen LogP contribution >= 0.6 is 0 Å². The summed E-state index contributed by atoms with van der Waals surface area (Å²) in [7, 11) is 0. The van der Waals surface area contributed by atoms with Crippen LogP contribution in [-0.2, 0) is 9.63 Å². The molecule has 2 heterocycles. The Labute approximate surface area is 199 Å². The van der Waals surface area contributed by atoms with Crippen LogP contribution in [0.5, 0.6) is 11.5 Å². The maximum Gasteiger partial charge on any atom is 0.260 e. The Kier molecular flexibility index (Phi) is 9.63. The van der Waals surface area contributed by atoms with E-state index in [4.69, 9.17) is 14.3 Å². The first-order valence-corrected chi connectivity index (χ1v) is 12.6. The molecule has 1 aromatic carbocycles. The fraction of sp³-hybridized carbons (Fsp3) is 0.667. The Morgan fingerprint density at radius 1 is 1.24 bits per heavy atom. The summed E-state index contributed by atoms with van der Waals surface area (Å²) in [5.41, 5.74) is 2.60. The molecule has 1 amide bonds. The summed E-state index contributed by atoms with van der Waals surface area (Å²) >= 11 is 0. The third-order valence-corrected chi connectivity index (χ3v) is 6.44. The highest BCUT2D eigenvalue weighted by molar-refractivity contribution is 5.77. The quantitative estimate of drug-likeness (QED) is 0.304. The van der Waals surface area contributed by atoms with E-state index in [1.807, 2.05) is 6.07 Å². The topological polar surface area (TPSA) is 51.2 Å². The molecule has 1 unspecified atom stereocenters. The lowest BCUT2D eigenvalue weighted by Crippen LogP contribution is -2.43. The van der Waals surface area contributed by atoms with Crippen LogP contribution in [-0.4, -0.2) is 54.9 Å². The van der Waals surface area contributed by atoms with Gasteiger partial charge in [-0.05, 0) is 69.1 Å². The van der Waals surface area contributed by atoms with Crippen LogP contribution in [0.15, 0.2) is 29.8 Å². The van der Waals surface area contributed by atoms with Crippen molar-refractivity contribution >= 4 is 5.91 Å². The average Bonchev–Trinajstić information content (AvgIpc) is 3.39. The molecule has 0 bridgehead atoms. The number of carbonyl (C=O) groups excluding carboxylic acids is 1. The maximum absolute atomic E-state index is 13.2. The number of unbranched alkanes of at least 4 members (excludes halogenated alkanes) is 1. The van der Waals surface area contributed by atoms with Crippen LogP contribution in [0.4, 0.5) is 0 Å². The van der Waals surface area contributed by atoms with E-state index in [9.17, 15) is 4.79 Å². The van der Waals surface area contributed by atoms with Crippen LogP contribution in [0.2, 0.25) is 0 Å². The van der Waals surface area contributed by atoms with E-state index >= 15 is 0 Å². The summed E-state index contributed by atoms with van der Waals surface area (Å²) in [6.07, 6.45) is 7.32. The predicted molar refractivity (Wildman–Crippen MR) is 131 cm³/mol. The van der Waals surface area contributed by atoms with Gasteiger partial charge in [0.25, 0.3) is 5.91 Å². The Morgan fingerprint density at radius 3 is 2.76 bits per heavy atom. The summed E-state index contributed by atoms with van der Waals surface area (Å²) < 4.78 is 11.1. The molecule has 0 saturated carbocycles. The minimum Gasteiger partial charge on any atom is -0.454 e. The largest absolute Gasteiger partial charge is 0.454 e. The van der Waals surface area contributed by atoms with Crippen LogP contribution < -0.4 is 9.47 Å². The van der Waals surface area contributed by atoms with Crippen LogP contribution in [0, 0.1) is 5.92 Å². The van der Waals surface area contributed by atoms with Gasteiger partial charge in [0.05, 0.1) is 13.2 Å². The smallest absolute Gasteiger partial charge is 0.260 e. The number of hydroxylamine groups is 2. The van der Waals surface area contributed by atoms with Gasteiger partial charge in [-0.1, -0.05) is 44.9 Å². The van der Waals surface area contributed by atoms with Gasteiger partial charge < -0.3 is 9.47 Å². The van der Waals surface area contributed by atoms with E-state index in [0.29, 0.717) is 37.6 Å². The van der Waals surface area contributed by atoms with Crippen molar-refractivity contribution in [1.82, 2.24) is 9.96 Å². The summed E-state index contributed by atoms with van der Waals surface area (Å²) in [4.78, 5) is 21.4. The maximum atomic E-state index is 13.2. The van der Waals surface area contributed by atoms with Gasteiger partial charge in [0.2, 0.25) is 6.79 Å². The second-order valence-corrected chi connectivity index (χ2v) is 9.77. The highest BCUT2D eigenvalue weighted by atomic mass is 16.7. The lowest BCUT2D eigenvalue weighted by molar-refractivity contribution is -0.188. The molecule has 1 fully saturated rings. The van der Waals surface area contributed by atoms with E-state index in [-0.39, 0.29) is 12.7 Å². The highest BCUT2D eigenvalue weighted by Gasteiger charge is 2.36. The highest BCUT2D eigenvalue weighted by Crippen LogP contribution is 2.39. The van der Waals surface area contributed by atoms with Crippen molar-refractivity contribution in [2.24, 2.45) is 5.92 Å². The Bertz CT molecular complexity index is 797. The van der Waals surface area contributed by atoms with E-state index in [1.165, 1.54) is 11.1 Å². The number of hydrogen-bond acceptors (Lipinski definition) is 5. The molecule has 184 valence electrons. The number of likely N-dealkylation sites (tertiary alicyclic amines) is 1. The molecule has 1 aromatic rings. The normalized spacial score (nSPS) is 20.6. The van der Waals surface area contributed by atoms with E-state index < -0.39 is 0 Å². The molecular formula is C27H42N2O4. The third kappa shape index (κ3) is 7.21. The Hall–Kier alpha value is -2.05. The van der Waals surface area contributed by atoms with Crippen LogP contribution in [0.1, 0.15) is 78.2 Å². The molecule has 0 N–H and O–H groups in total. The molecule has 6 heteroatoms. The van der Waals surface area contributed by atoms with Gasteiger partial charge in [0.15, 0.2) is 11.5 Å². The van der Waals surface area contributed by atoms with Gasteiger partial charge in [-0.3, -0.25) is 14.5 Å². The fourth-order valence-corrected chi connectivity index (χ4v) is 4.91. The molecular weight excluding hydrogens is 416 g/mol. The molecule has 1 saturated heterocycles. The van der Waals surface area contributed by atoms with Gasteiger partial charge in [-0.2, -0.15) is 0 Å². The molecule has 3 atom stereocenters. The molecule has 0 spiro atoms. The number of benzene rings is 1.